The minimum absolute atomic E-state index is 0. The van der Waals surface area contributed by atoms with Crippen molar-refractivity contribution >= 4 is 0 Å². The minimum Gasteiger partial charge on any atom is -0.300 e. The number of piperidine rings is 2. The quantitative estimate of drug-likeness (QED) is 0.660. The smallest absolute Gasteiger partial charge is 0.0123 e. The first kappa shape index (κ1) is 16.0. The summed E-state index contributed by atoms with van der Waals surface area (Å²) in [6, 6.07) is 0.974. The van der Waals surface area contributed by atoms with Gasteiger partial charge in [0.25, 0.3) is 0 Å². The molecule has 2 atom stereocenters. The van der Waals surface area contributed by atoms with Crippen LogP contribution >= 0.6 is 0 Å². The lowest BCUT2D eigenvalue weighted by Gasteiger charge is -2.44. The van der Waals surface area contributed by atoms with Crippen molar-refractivity contribution < 1.29 is 0 Å². The number of fused-ring (bicyclic) bond motifs is 1. The van der Waals surface area contributed by atoms with Crippen molar-refractivity contribution in [3.05, 3.63) is 0 Å². The summed E-state index contributed by atoms with van der Waals surface area (Å²) < 4.78 is 0. The van der Waals surface area contributed by atoms with Gasteiger partial charge in [0.1, 0.15) is 0 Å². The van der Waals surface area contributed by atoms with Crippen LogP contribution in [0.25, 0.3) is 0 Å². The Hall–Kier alpha value is -0.0400. The Bertz CT molecular complexity index is 152. The van der Waals surface area contributed by atoms with Gasteiger partial charge >= 0.3 is 0 Å². The molecule has 0 aromatic carbocycles. The Morgan fingerprint density at radius 3 is 2.38 bits per heavy atom. The number of hydrogen-bond acceptors (Lipinski definition) is 1. The molecule has 2 heterocycles. The summed E-state index contributed by atoms with van der Waals surface area (Å²) in [5.74, 6) is 1.04. The van der Waals surface area contributed by atoms with Crippen LogP contribution in [0.3, 0.4) is 0 Å². The van der Waals surface area contributed by atoms with Crippen LogP contribution in [0.15, 0.2) is 0 Å². The van der Waals surface area contributed by atoms with Crippen molar-refractivity contribution in [3.8, 4) is 0 Å². The van der Waals surface area contributed by atoms with E-state index in [0.717, 1.165) is 12.0 Å². The van der Waals surface area contributed by atoms with Crippen LogP contribution in [-0.2, 0) is 0 Å². The first-order valence-corrected chi connectivity index (χ1v) is 7.16. The summed E-state index contributed by atoms with van der Waals surface area (Å²) in [5, 5.41) is 0. The molecule has 0 radical (unpaired) electrons. The van der Waals surface area contributed by atoms with Gasteiger partial charge in [-0.15, -0.1) is 0 Å². The summed E-state index contributed by atoms with van der Waals surface area (Å²) in [6.45, 7) is 9.12. The van der Waals surface area contributed by atoms with Gasteiger partial charge in [-0.2, -0.15) is 0 Å². The van der Waals surface area contributed by atoms with E-state index < -0.39 is 0 Å². The van der Waals surface area contributed by atoms with Gasteiger partial charge in [-0.25, -0.2) is 0 Å². The Labute approximate surface area is 104 Å². The van der Waals surface area contributed by atoms with Crippen molar-refractivity contribution in [2.45, 2.75) is 79.2 Å². The molecule has 2 rings (SSSR count). The van der Waals surface area contributed by atoms with E-state index in [1.54, 1.807) is 0 Å². The molecule has 0 aromatic heterocycles. The molecule has 1 heteroatoms. The third-order valence-corrected chi connectivity index (χ3v) is 3.89. The highest BCUT2D eigenvalue weighted by Gasteiger charge is 2.31. The average Bonchev–Trinajstić information content (AvgIpc) is 2.33. The van der Waals surface area contributed by atoms with Gasteiger partial charge in [-0.1, -0.05) is 41.0 Å². The van der Waals surface area contributed by atoms with Crippen molar-refractivity contribution in [2.75, 3.05) is 13.1 Å². The minimum atomic E-state index is 0. The maximum atomic E-state index is 2.77. The zero-order valence-corrected chi connectivity index (χ0v) is 11.0. The second kappa shape index (κ2) is 9.04. The van der Waals surface area contributed by atoms with Gasteiger partial charge in [-0.05, 0) is 51.1 Å². The first-order chi connectivity index (χ1) is 7.42. The molecule has 0 aromatic rings. The lowest BCUT2D eigenvalue weighted by molar-refractivity contribution is 0.0555. The lowest BCUT2D eigenvalue weighted by atomic mass is 9.81. The van der Waals surface area contributed by atoms with E-state index in [2.05, 4.69) is 11.8 Å². The normalized spacial score (nSPS) is 29.4. The fourth-order valence-corrected chi connectivity index (χ4v) is 3.28. The third-order valence-electron chi connectivity index (χ3n) is 3.89. The van der Waals surface area contributed by atoms with Gasteiger partial charge in [0.05, 0.1) is 0 Å². The van der Waals surface area contributed by atoms with Gasteiger partial charge in [0, 0.05) is 6.04 Å². The van der Waals surface area contributed by atoms with Crippen LogP contribution in [0.2, 0.25) is 0 Å². The molecular formula is C15H33N. The average molecular weight is 227 g/mol. The predicted octanol–water partition coefficient (Wildman–Crippen LogP) is 4.71. The summed E-state index contributed by atoms with van der Waals surface area (Å²) in [4.78, 5) is 2.77. The van der Waals surface area contributed by atoms with Crippen molar-refractivity contribution in [2.24, 2.45) is 5.92 Å². The molecule has 16 heavy (non-hydrogen) atoms. The standard InChI is InChI=1S/C12H23N.C2H6.CH4/c1-2-6-11-7-5-10-13-9-4-3-8-12(11)13;1-2;/h11-12H,2-10H2,1H3;1-2H3;1H4. The summed E-state index contributed by atoms with van der Waals surface area (Å²) in [6.07, 6.45) is 10.3. The maximum absolute atomic E-state index is 2.77. The van der Waals surface area contributed by atoms with E-state index in [4.69, 9.17) is 0 Å². The van der Waals surface area contributed by atoms with E-state index in [9.17, 15) is 0 Å². The molecule has 2 aliphatic rings. The van der Waals surface area contributed by atoms with E-state index in [-0.39, 0.29) is 7.43 Å². The SMILES string of the molecule is C.CC.CCCC1CCCN2CCCCC12. The summed E-state index contributed by atoms with van der Waals surface area (Å²) >= 11 is 0. The van der Waals surface area contributed by atoms with Gasteiger partial charge < -0.3 is 4.90 Å². The highest BCUT2D eigenvalue weighted by atomic mass is 15.2. The fourth-order valence-electron chi connectivity index (χ4n) is 3.28. The molecule has 2 fully saturated rings. The predicted molar refractivity (Wildman–Crippen MR) is 74.9 cm³/mol. The van der Waals surface area contributed by atoms with Gasteiger partial charge in [0.15, 0.2) is 0 Å². The summed E-state index contributed by atoms with van der Waals surface area (Å²) in [7, 11) is 0. The first-order valence-electron chi connectivity index (χ1n) is 7.16. The second-order valence-corrected chi connectivity index (χ2v) is 4.79. The molecule has 0 aliphatic carbocycles. The molecule has 0 saturated carbocycles. The monoisotopic (exact) mass is 227 g/mol. The van der Waals surface area contributed by atoms with Crippen LogP contribution in [0, 0.1) is 5.92 Å². The maximum Gasteiger partial charge on any atom is 0.0123 e. The lowest BCUT2D eigenvalue weighted by Crippen LogP contribution is -2.47. The zero-order valence-electron chi connectivity index (χ0n) is 11.0. The molecule has 2 unspecified atom stereocenters. The van der Waals surface area contributed by atoms with E-state index in [0.29, 0.717) is 0 Å². The van der Waals surface area contributed by atoms with Crippen molar-refractivity contribution in [3.63, 3.8) is 0 Å². The third kappa shape index (κ3) is 4.08. The van der Waals surface area contributed by atoms with E-state index in [1.165, 1.54) is 58.0 Å². The summed E-state index contributed by atoms with van der Waals surface area (Å²) in [5.41, 5.74) is 0. The zero-order chi connectivity index (χ0) is 11.1. The van der Waals surface area contributed by atoms with Crippen LogP contribution in [0.4, 0.5) is 0 Å². The molecule has 0 bridgehead atoms. The number of rotatable bonds is 2. The Morgan fingerprint density at radius 2 is 1.69 bits per heavy atom. The Balaban J connectivity index is 0.000000711. The fraction of sp³-hybridized carbons (Fsp3) is 1.00. The highest BCUT2D eigenvalue weighted by Crippen LogP contribution is 2.33. The molecule has 0 N–H and O–H groups in total. The highest BCUT2D eigenvalue weighted by molar-refractivity contribution is 4.86. The molecule has 1 nitrogen and oxygen atoms in total. The van der Waals surface area contributed by atoms with E-state index >= 15 is 0 Å². The Morgan fingerprint density at radius 1 is 1.00 bits per heavy atom. The molecular weight excluding hydrogens is 194 g/mol. The molecule has 0 amide bonds. The number of hydrogen-bond donors (Lipinski definition) is 0. The molecule has 2 saturated heterocycles. The van der Waals surface area contributed by atoms with Crippen molar-refractivity contribution in [1.82, 2.24) is 4.90 Å². The largest absolute Gasteiger partial charge is 0.300 e. The van der Waals surface area contributed by atoms with Crippen LogP contribution in [0.1, 0.15) is 73.1 Å². The van der Waals surface area contributed by atoms with Crippen molar-refractivity contribution in [1.29, 1.82) is 0 Å². The molecule has 98 valence electrons. The molecule has 0 spiro atoms. The van der Waals surface area contributed by atoms with Gasteiger partial charge in [0.2, 0.25) is 0 Å². The van der Waals surface area contributed by atoms with Gasteiger partial charge in [-0.3, -0.25) is 0 Å². The van der Waals surface area contributed by atoms with Crippen LogP contribution < -0.4 is 0 Å². The van der Waals surface area contributed by atoms with Crippen LogP contribution in [-0.4, -0.2) is 24.0 Å². The van der Waals surface area contributed by atoms with E-state index in [1.807, 2.05) is 13.8 Å². The topological polar surface area (TPSA) is 3.24 Å². The number of nitrogens with zero attached hydrogens (tertiary/aromatic N) is 1. The second-order valence-electron chi connectivity index (χ2n) is 4.79. The molecule has 2 aliphatic heterocycles. The Kier molecular flexibility index (Phi) is 9.02. The van der Waals surface area contributed by atoms with Crippen LogP contribution in [0.5, 0.6) is 0 Å².